The Hall–Kier alpha value is 0. The lowest BCUT2D eigenvalue weighted by Gasteiger charge is -2.39. The van der Waals surface area contributed by atoms with Crippen LogP contribution in [0.2, 0.25) is 0 Å². The maximum atomic E-state index is 2.49. The van der Waals surface area contributed by atoms with E-state index in [1.807, 2.05) is 0 Å². The first-order valence-corrected chi connectivity index (χ1v) is 8.29. The van der Waals surface area contributed by atoms with Gasteiger partial charge < -0.3 is 0 Å². The minimum atomic E-state index is 0.509. The molecule has 0 spiro atoms. The molecule has 0 N–H and O–H groups in total. The van der Waals surface area contributed by atoms with Crippen molar-refractivity contribution >= 4 is 0 Å². The standard InChI is InChI=1S/C18H38/c1-9-12-16(10-2)17(15(6)14(4)5)13-18(7,8)11-3/h14-17H,9-13H2,1-8H3. The summed E-state index contributed by atoms with van der Waals surface area (Å²) in [6, 6.07) is 0. The van der Waals surface area contributed by atoms with Crippen molar-refractivity contribution in [3.8, 4) is 0 Å². The van der Waals surface area contributed by atoms with Gasteiger partial charge in [-0.05, 0) is 35.5 Å². The molecule has 0 fully saturated rings. The topological polar surface area (TPSA) is 0 Å². The van der Waals surface area contributed by atoms with Crippen LogP contribution in [0.3, 0.4) is 0 Å². The minimum absolute atomic E-state index is 0.509. The van der Waals surface area contributed by atoms with Crippen molar-refractivity contribution < 1.29 is 0 Å². The Morgan fingerprint density at radius 2 is 1.50 bits per heavy atom. The van der Waals surface area contributed by atoms with E-state index in [0.717, 1.165) is 23.7 Å². The van der Waals surface area contributed by atoms with Gasteiger partial charge in [-0.3, -0.25) is 0 Å². The predicted octanol–water partition coefficient (Wildman–Crippen LogP) is 6.55. The molecule has 0 bridgehead atoms. The second-order valence-corrected chi connectivity index (χ2v) is 7.45. The summed E-state index contributed by atoms with van der Waals surface area (Å²) in [6.07, 6.45) is 6.82. The molecule has 0 aromatic heterocycles. The molecule has 0 aromatic carbocycles. The van der Waals surface area contributed by atoms with E-state index in [4.69, 9.17) is 0 Å². The van der Waals surface area contributed by atoms with Crippen molar-refractivity contribution in [2.24, 2.45) is 29.1 Å². The molecule has 3 unspecified atom stereocenters. The molecular weight excluding hydrogens is 216 g/mol. The van der Waals surface area contributed by atoms with Gasteiger partial charge in [0.2, 0.25) is 0 Å². The highest BCUT2D eigenvalue weighted by Gasteiger charge is 2.31. The molecule has 0 aromatic rings. The third kappa shape index (κ3) is 5.76. The second-order valence-electron chi connectivity index (χ2n) is 7.45. The molecule has 0 aliphatic carbocycles. The first-order chi connectivity index (χ1) is 8.29. The van der Waals surface area contributed by atoms with Crippen molar-refractivity contribution in [2.75, 3.05) is 0 Å². The fraction of sp³-hybridized carbons (Fsp3) is 1.00. The molecule has 110 valence electrons. The fourth-order valence-electron chi connectivity index (χ4n) is 3.15. The Balaban J connectivity index is 4.91. The molecular formula is C18H38. The molecule has 0 nitrogen and oxygen atoms in total. The Labute approximate surface area is 117 Å². The largest absolute Gasteiger partial charge is 0.0654 e. The monoisotopic (exact) mass is 254 g/mol. The van der Waals surface area contributed by atoms with Crippen LogP contribution < -0.4 is 0 Å². The van der Waals surface area contributed by atoms with Gasteiger partial charge >= 0.3 is 0 Å². The summed E-state index contributed by atoms with van der Waals surface area (Å²) in [5, 5.41) is 0. The first kappa shape index (κ1) is 18.0. The fourth-order valence-corrected chi connectivity index (χ4v) is 3.15. The number of hydrogen-bond donors (Lipinski definition) is 0. The molecule has 0 amide bonds. The molecule has 0 rings (SSSR count). The molecule has 3 atom stereocenters. The third-order valence-electron chi connectivity index (χ3n) is 5.26. The lowest BCUT2D eigenvalue weighted by atomic mass is 9.67. The summed E-state index contributed by atoms with van der Waals surface area (Å²) in [6.45, 7) is 19.3. The van der Waals surface area contributed by atoms with Crippen LogP contribution in [0, 0.1) is 29.1 Å². The van der Waals surface area contributed by atoms with Gasteiger partial charge in [0.1, 0.15) is 0 Å². The average Bonchev–Trinajstić information content (AvgIpc) is 2.32. The Bertz CT molecular complexity index is 202. The summed E-state index contributed by atoms with van der Waals surface area (Å²) in [7, 11) is 0. The van der Waals surface area contributed by atoms with Gasteiger partial charge in [0.05, 0.1) is 0 Å². The van der Waals surface area contributed by atoms with Gasteiger partial charge in [-0.1, -0.05) is 81.1 Å². The van der Waals surface area contributed by atoms with E-state index < -0.39 is 0 Å². The summed E-state index contributed by atoms with van der Waals surface area (Å²) in [4.78, 5) is 0. The van der Waals surface area contributed by atoms with Crippen LogP contribution in [-0.2, 0) is 0 Å². The van der Waals surface area contributed by atoms with Crippen LogP contribution in [0.5, 0.6) is 0 Å². The summed E-state index contributed by atoms with van der Waals surface area (Å²) >= 11 is 0. The van der Waals surface area contributed by atoms with E-state index in [-0.39, 0.29) is 0 Å². The van der Waals surface area contributed by atoms with Crippen LogP contribution >= 0.6 is 0 Å². The molecule has 0 heterocycles. The van der Waals surface area contributed by atoms with E-state index in [0.29, 0.717) is 5.41 Å². The molecule has 0 radical (unpaired) electrons. The highest BCUT2D eigenvalue weighted by molar-refractivity contribution is 4.81. The normalized spacial score (nSPS) is 17.8. The predicted molar refractivity (Wildman–Crippen MR) is 84.9 cm³/mol. The Morgan fingerprint density at radius 1 is 0.944 bits per heavy atom. The lowest BCUT2D eigenvalue weighted by molar-refractivity contribution is 0.113. The summed E-state index contributed by atoms with van der Waals surface area (Å²) in [5.74, 6) is 3.50. The van der Waals surface area contributed by atoms with Crippen molar-refractivity contribution in [2.45, 2.75) is 87.5 Å². The highest BCUT2D eigenvalue weighted by Crippen LogP contribution is 2.41. The zero-order valence-corrected chi connectivity index (χ0v) is 14.3. The van der Waals surface area contributed by atoms with Gasteiger partial charge in [-0.25, -0.2) is 0 Å². The second kappa shape index (κ2) is 8.23. The number of rotatable bonds is 9. The van der Waals surface area contributed by atoms with Crippen LogP contribution in [-0.4, -0.2) is 0 Å². The van der Waals surface area contributed by atoms with Crippen LogP contribution in [0.15, 0.2) is 0 Å². The van der Waals surface area contributed by atoms with Crippen LogP contribution in [0.4, 0.5) is 0 Å². The SMILES string of the molecule is CCCC(CC)C(CC(C)(C)CC)C(C)C(C)C. The minimum Gasteiger partial charge on any atom is -0.0654 e. The van der Waals surface area contributed by atoms with E-state index in [1.54, 1.807) is 0 Å². The van der Waals surface area contributed by atoms with E-state index in [9.17, 15) is 0 Å². The van der Waals surface area contributed by atoms with Gasteiger partial charge in [-0.2, -0.15) is 0 Å². The average molecular weight is 255 g/mol. The lowest BCUT2D eigenvalue weighted by Crippen LogP contribution is -2.30. The van der Waals surface area contributed by atoms with Gasteiger partial charge in [0, 0.05) is 0 Å². The van der Waals surface area contributed by atoms with E-state index in [2.05, 4.69) is 55.4 Å². The van der Waals surface area contributed by atoms with Crippen molar-refractivity contribution in [1.82, 2.24) is 0 Å². The van der Waals surface area contributed by atoms with Gasteiger partial charge in [-0.15, -0.1) is 0 Å². The zero-order chi connectivity index (χ0) is 14.3. The van der Waals surface area contributed by atoms with Gasteiger partial charge in [0.15, 0.2) is 0 Å². The Kier molecular flexibility index (Phi) is 8.23. The van der Waals surface area contributed by atoms with Crippen molar-refractivity contribution in [1.29, 1.82) is 0 Å². The Morgan fingerprint density at radius 3 is 1.83 bits per heavy atom. The number of hydrogen-bond acceptors (Lipinski definition) is 0. The van der Waals surface area contributed by atoms with E-state index >= 15 is 0 Å². The van der Waals surface area contributed by atoms with Crippen LogP contribution in [0.1, 0.15) is 87.5 Å². The molecule has 0 saturated carbocycles. The van der Waals surface area contributed by atoms with Crippen molar-refractivity contribution in [3.63, 3.8) is 0 Å². The quantitative estimate of drug-likeness (QED) is 0.438. The molecule has 18 heavy (non-hydrogen) atoms. The summed E-state index contributed by atoms with van der Waals surface area (Å²) < 4.78 is 0. The molecule has 0 aliphatic rings. The van der Waals surface area contributed by atoms with Crippen molar-refractivity contribution in [3.05, 3.63) is 0 Å². The molecule has 0 saturated heterocycles. The maximum absolute atomic E-state index is 2.49. The van der Waals surface area contributed by atoms with Gasteiger partial charge in [0.25, 0.3) is 0 Å². The molecule has 0 heteroatoms. The van der Waals surface area contributed by atoms with Crippen LogP contribution in [0.25, 0.3) is 0 Å². The third-order valence-corrected chi connectivity index (χ3v) is 5.26. The maximum Gasteiger partial charge on any atom is -0.0353 e. The zero-order valence-electron chi connectivity index (χ0n) is 14.3. The molecule has 0 aliphatic heterocycles. The highest BCUT2D eigenvalue weighted by atomic mass is 14.4. The smallest absolute Gasteiger partial charge is 0.0353 e. The van der Waals surface area contributed by atoms with E-state index in [1.165, 1.54) is 32.1 Å². The first-order valence-electron chi connectivity index (χ1n) is 8.29. The summed E-state index contributed by atoms with van der Waals surface area (Å²) in [5.41, 5.74) is 0.509.